The highest BCUT2D eigenvalue weighted by Gasteiger charge is 2.12. The molecule has 0 aliphatic rings. The molecular formula is C19H17ClN6. The van der Waals surface area contributed by atoms with E-state index in [1.807, 2.05) is 43.3 Å². The molecule has 7 heteroatoms. The molecule has 6 nitrogen and oxygen atoms in total. The van der Waals surface area contributed by atoms with Crippen LogP contribution in [0.25, 0.3) is 21.8 Å². The molecule has 0 fully saturated rings. The molecule has 5 N–H and O–H groups in total. The van der Waals surface area contributed by atoms with E-state index in [4.69, 9.17) is 23.1 Å². The van der Waals surface area contributed by atoms with Gasteiger partial charge in [0, 0.05) is 34.2 Å². The van der Waals surface area contributed by atoms with Gasteiger partial charge in [-0.3, -0.25) is 0 Å². The summed E-state index contributed by atoms with van der Waals surface area (Å²) in [6, 6.07) is 11.9. The van der Waals surface area contributed by atoms with Gasteiger partial charge >= 0.3 is 0 Å². The standard InChI is InChI=1S/C19H17ClN6/c1-10-11(9-24-18-16(10)17(21)25-19(22)26-18)8-23-15-7-6-14(20)12-4-2-3-5-13(12)15/h2-7,9,23H,8H2,1H3,(H4,21,22,24,25,26). The number of rotatable bonds is 3. The van der Waals surface area contributed by atoms with Gasteiger partial charge in [-0.2, -0.15) is 9.97 Å². The summed E-state index contributed by atoms with van der Waals surface area (Å²) in [7, 11) is 0. The highest BCUT2D eigenvalue weighted by atomic mass is 35.5. The minimum atomic E-state index is 0.125. The third-order valence-corrected chi connectivity index (χ3v) is 4.80. The molecule has 2 aromatic heterocycles. The van der Waals surface area contributed by atoms with E-state index in [9.17, 15) is 0 Å². The Morgan fingerprint density at radius 1 is 1.04 bits per heavy atom. The smallest absolute Gasteiger partial charge is 0.224 e. The second-order valence-electron chi connectivity index (χ2n) is 6.07. The molecule has 0 aliphatic carbocycles. The van der Waals surface area contributed by atoms with Crippen LogP contribution >= 0.6 is 11.6 Å². The normalized spacial score (nSPS) is 11.2. The lowest BCUT2D eigenvalue weighted by atomic mass is 10.1. The van der Waals surface area contributed by atoms with Crippen LogP contribution in [-0.4, -0.2) is 15.0 Å². The van der Waals surface area contributed by atoms with Crippen molar-refractivity contribution in [2.24, 2.45) is 0 Å². The van der Waals surface area contributed by atoms with Gasteiger partial charge in [0.2, 0.25) is 5.95 Å². The molecule has 0 spiro atoms. The number of benzene rings is 2. The fourth-order valence-electron chi connectivity index (χ4n) is 3.12. The summed E-state index contributed by atoms with van der Waals surface area (Å²) in [5.74, 6) is 0.469. The Hall–Kier alpha value is -3.12. The molecule has 2 heterocycles. The molecular weight excluding hydrogens is 348 g/mol. The van der Waals surface area contributed by atoms with Crippen molar-refractivity contribution < 1.29 is 0 Å². The molecule has 0 amide bonds. The number of fused-ring (bicyclic) bond motifs is 2. The van der Waals surface area contributed by atoms with Crippen molar-refractivity contribution in [1.29, 1.82) is 0 Å². The van der Waals surface area contributed by atoms with Gasteiger partial charge in [0.05, 0.1) is 5.39 Å². The number of hydrogen-bond donors (Lipinski definition) is 3. The Kier molecular flexibility index (Phi) is 3.97. The topological polar surface area (TPSA) is 103 Å². The van der Waals surface area contributed by atoms with Gasteiger partial charge in [-0.15, -0.1) is 0 Å². The average molecular weight is 365 g/mol. The molecule has 0 atom stereocenters. The average Bonchev–Trinajstić information content (AvgIpc) is 2.62. The van der Waals surface area contributed by atoms with Crippen LogP contribution in [0.2, 0.25) is 5.02 Å². The highest BCUT2D eigenvalue weighted by Crippen LogP contribution is 2.30. The second kappa shape index (κ2) is 6.31. The number of nitrogen functional groups attached to an aromatic ring is 2. The minimum Gasteiger partial charge on any atom is -0.383 e. The van der Waals surface area contributed by atoms with Crippen molar-refractivity contribution in [3.63, 3.8) is 0 Å². The van der Waals surface area contributed by atoms with E-state index in [-0.39, 0.29) is 5.95 Å². The first-order valence-corrected chi connectivity index (χ1v) is 8.50. The number of pyridine rings is 1. The number of hydrogen-bond acceptors (Lipinski definition) is 6. The first-order chi connectivity index (χ1) is 12.5. The first kappa shape index (κ1) is 16.4. The molecule has 0 saturated heterocycles. The maximum Gasteiger partial charge on any atom is 0.224 e. The van der Waals surface area contributed by atoms with E-state index in [2.05, 4.69) is 20.3 Å². The first-order valence-electron chi connectivity index (χ1n) is 8.13. The van der Waals surface area contributed by atoms with Crippen molar-refractivity contribution >= 4 is 50.9 Å². The summed E-state index contributed by atoms with van der Waals surface area (Å²) in [5, 5.41) is 7.02. The van der Waals surface area contributed by atoms with Gasteiger partial charge in [-0.1, -0.05) is 35.9 Å². The molecule has 0 radical (unpaired) electrons. The van der Waals surface area contributed by atoms with Crippen molar-refractivity contribution in [3.05, 3.63) is 58.7 Å². The lowest BCUT2D eigenvalue weighted by Crippen LogP contribution is -2.07. The zero-order chi connectivity index (χ0) is 18.3. The Bertz CT molecular complexity index is 1140. The Morgan fingerprint density at radius 2 is 1.81 bits per heavy atom. The largest absolute Gasteiger partial charge is 0.383 e. The quantitative estimate of drug-likeness (QED) is 0.509. The summed E-state index contributed by atoms with van der Waals surface area (Å²) >= 11 is 6.29. The zero-order valence-electron chi connectivity index (χ0n) is 14.1. The third-order valence-electron chi connectivity index (χ3n) is 4.47. The van der Waals surface area contributed by atoms with Crippen LogP contribution in [0.1, 0.15) is 11.1 Å². The molecule has 4 aromatic rings. The minimum absolute atomic E-state index is 0.125. The summed E-state index contributed by atoms with van der Waals surface area (Å²) in [5.41, 5.74) is 15.2. The fraction of sp³-hybridized carbons (Fsp3) is 0.105. The van der Waals surface area contributed by atoms with E-state index in [1.165, 1.54) is 0 Å². The van der Waals surface area contributed by atoms with Gasteiger partial charge < -0.3 is 16.8 Å². The summed E-state index contributed by atoms with van der Waals surface area (Å²) in [6.07, 6.45) is 1.79. The van der Waals surface area contributed by atoms with E-state index in [0.29, 0.717) is 18.0 Å². The summed E-state index contributed by atoms with van der Waals surface area (Å²) < 4.78 is 0. The van der Waals surface area contributed by atoms with Gasteiger partial charge in [-0.05, 0) is 30.2 Å². The Balaban J connectivity index is 1.71. The molecule has 26 heavy (non-hydrogen) atoms. The third kappa shape index (κ3) is 2.74. The number of nitrogens with zero attached hydrogens (tertiary/aromatic N) is 3. The molecule has 2 aromatic carbocycles. The number of nitrogens with two attached hydrogens (primary N) is 2. The fourth-order valence-corrected chi connectivity index (χ4v) is 3.35. The zero-order valence-corrected chi connectivity index (χ0v) is 14.9. The van der Waals surface area contributed by atoms with Crippen LogP contribution in [-0.2, 0) is 6.54 Å². The van der Waals surface area contributed by atoms with E-state index in [0.717, 1.165) is 38.0 Å². The highest BCUT2D eigenvalue weighted by molar-refractivity contribution is 6.36. The molecule has 0 saturated carbocycles. The van der Waals surface area contributed by atoms with Crippen molar-refractivity contribution in [3.8, 4) is 0 Å². The molecule has 4 rings (SSSR count). The number of nitrogens with one attached hydrogen (secondary N) is 1. The van der Waals surface area contributed by atoms with E-state index in [1.54, 1.807) is 6.20 Å². The molecule has 0 aliphatic heterocycles. The monoisotopic (exact) mass is 364 g/mol. The summed E-state index contributed by atoms with van der Waals surface area (Å²) in [6.45, 7) is 2.57. The predicted molar refractivity (Wildman–Crippen MR) is 107 cm³/mol. The van der Waals surface area contributed by atoms with Gasteiger partial charge in [0.15, 0.2) is 5.65 Å². The van der Waals surface area contributed by atoms with E-state index < -0.39 is 0 Å². The number of halogens is 1. The lowest BCUT2D eigenvalue weighted by Gasteiger charge is -2.14. The Labute approximate surface area is 155 Å². The van der Waals surface area contributed by atoms with Crippen LogP contribution in [0.3, 0.4) is 0 Å². The van der Waals surface area contributed by atoms with Crippen LogP contribution in [0, 0.1) is 6.92 Å². The van der Waals surface area contributed by atoms with Crippen molar-refractivity contribution in [1.82, 2.24) is 15.0 Å². The van der Waals surface area contributed by atoms with Crippen LogP contribution in [0.15, 0.2) is 42.6 Å². The van der Waals surface area contributed by atoms with Gasteiger partial charge in [0.25, 0.3) is 0 Å². The van der Waals surface area contributed by atoms with Crippen molar-refractivity contribution in [2.75, 3.05) is 16.8 Å². The van der Waals surface area contributed by atoms with Crippen molar-refractivity contribution in [2.45, 2.75) is 13.5 Å². The summed E-state index contributed by atoms with van der Waals surface area (Å²) in [4.78, 5) is 12.6. The van der Waals surface area contributed by atoms with Crippen LogP contribution in [0.5, 0.6) is 0 Å². The Morgan fingerprint density at radius 3 is 2.62 bits per heavy atom. The van der Waals surface area contributed by atoms with Gasteiger partial charge in [0.1, 0.15) is 5.82 Å². The maximum atomic E-state index is 6.29. The number of aryl methyl sites for hydroxylation is 1. The maximum absolute atomic E-state index is 6.29. The van der Waals surface area contributed by atoms with Gasteiger partial charge in [-0.25, -0.2) is 4.98 Å². The second-order valence-corrected chi connectivity index (χ2v) is 6.48. The SMILES string of the molecule is Cc1c(CNc2ccc(Cl)c3ccccc23)cnc2nc(N)nc(N)c12. The molecule has 0 unspecified atom stereocenters. The number of anilines is 3. The van der Waals surface area contributed by atoms with Crippen LogP contribution < -0.4 is 16.8 Å². The molecule has 130 valence electrons. The van der Waals surface area contributed by atoms with Crippen LogP contribution in [0.4, 0.5) is 17.5 Å². The lowest BCUT2D eigenvalue weighted by molar-refractivity contribution is 1.09. The number of aromatic nitrogens is 3. The predicted octanol–water partition coefficient (Wildman–Crippen LogP) is 3.92. The molecule has 0 bridgehead atoms. The van der Waals surface area contributed by atoms with E-state index >= 15 is 0 Å².